The molecule has 2 aromatic carbocycles. The second kappa shape index (κ2) is 6.74. The molecule has 0 spiro atoms. The second-order valence-corrected chi connectivity index (χ2v) is 4.57. The number of rotatable bonds is 5. The Morgan fingerprint density at radius 1 is 1.24 bits per heavy atom. The molecule has 0 heterocycles. The predicted octanol–water partition coefficient (Wildman–Crippen LogP) is 2.99. The Bertz CT molecular complexity index is 627. The van der Waals surface area contributed by atoms with Gasteiger partial charge in [-0.15, -0.1) is 0 Å². The van der Waals surface area contributed by atoms with Crippen molar-refractivity contribution < 1.29 is 13.9 Å². The first-order valence-corrected chi connectivity index (χ1v) is 6.65. The highest BCUT2D eigenvalue weighted by molar-refractivity contribution is 5.94. The highest BCUT2D eigenvalue weighted by Gasteiger charge is 2.07. The van der Waals surface area contributed by atoms with Crippen LogP contribution < -0.4 is 15.8 Å². The summed E-state index contributed by atoms with van der Waals surface area (Å²) in [6.07, 6.45) is 0.949. The van der Waals surface area contributed by atoms with Gasteiger partial charge in [-0.05, 0) is 42.3 Å². The van der Waals surface area contributed by atoms with E-state index in [1.165, 1.54) is 17.7 Å². The molecule has 0 radical (unpaired) electrons. The van der Waals surface area contributed by atoms with Crippen molar-refractivity contribution in [2.45, 2.75) is 13.3 Å². The van der Waals surface area contributed by atoms with Crippen LogP contribution in [0.2, 0.25) is 0 Å². The molecule has 0 saturated carbocycles. The highest BCUT2D eigenvalue weighted by atomic mass is 19.1. The van der Waals surface area contributed by atoms with Crippen molar-refractivity contribution in [1.82, 2.24) is 0 Å². The molecule has 2 aromatic rings. The zero-order valence-electron chi connectivity index (χ0n) is 11.7. The van der Waals surface area contributed by atoms with E-state index in [4.69, 9.17) is 10.5 Å². The number of carbonyl (C=O) groups excluding carboxylic acids is 1. The maximum Gasteiger partial charge on any atom is 0.262 e. The number of nitrogens with two attached hydrogens (primary N) is 1. The molecule has 0 aliphatic carbocycles. The number of hydrogen-bond donors (Lipinski definition) is 2. The fourth-order valence-electron chi connectivity index (χ4n) is 1.80. The van der Waals surface area contributed by atoms with E-state index in [9.17, 15) is 9.18 Å². The van der Waals surface area contributed by atoms with Crippen LogP contribution in [0.4, 0.5) is 15.8 Å². The van der Waals surface area contributed by atoms with Gasteiger partial charge in [0.25, 0.3) is 5.91 Å². The summed E-state index contributed by atoms with van der Waals surface area (Å²) < 4.78 is 18.3. The van der Waals surface area contributed by atoms with E-state index in [0.717, 1.165) is 12.5 Å². The summed E-state index contributed by atoms with van der Waals surface area (Å²) in [6.45, 7) is 1.93. The summed E-state index contributed by atoms with van der Waals surface area (Å²) in [6, 6.07) is 11.3. The molecular weight excluding hydrogens is 271 g/mol. The van der Waals surface area contributed by atoms with Crippen LogP contribution in [0.15, 0.2) is 42.5 Å². The maximum absolute atomic E-state index is 12.9. The van der Waals surface area contributed by atoms with Crippen LogP contribution in [0, 0.1) is 5.82 Å². The SMILES string of the molecule is CCc1ccc(OCC(=O)Nc2ccc(F)cc2N)cc1. The Labute approximate surface area is 122 Å². The lowest BCUT2D eigenvalue weighted by molar-refractivity contribution is -0.118. The zero-order valence-corrected chi connectivity index (χ0v) is 11.7. The summed E-state index contributed by atoms with van der Waals surface area (Å²) in [5.41, 5.74) is 7.36. The summed E-state index contributed by atoms with van der Waals surface area (Å²) >= 11 is 0. The lowest BCUT2D eigenvalue weighted by Gasteiger charge is -2.09. The van der Waals surface area contributed by atoms with E-state index in [2.05, 4.69) is 12.2 Å². The third-order valence-electron chi connectivity index (χ3n) is 2.99. The molecule has 0 aromatic heterocycles. The van der Waals surface area contributed by atoms with Crippen molar-refractivity contribution in [2.24, 2.45) is 0 Å². The lowest BCUT2D eigenvalue weighted by Crippen LogP contribution is -2.20. The molecule has 3 N–H and O–H groups in total. The average Bonchev–Trinajstić information content (AvgIpc) is 2.48. The minimum atomic E-state index is -0.447. The van der Waals surface area contributed by atoms with Crippen molar-refractivity contribution in [3.8, 4) is 5.75 Å². The summed E-state index contributed by atoms with van der Waals surface area (Å²) in [5.74, 6) is -0.180. The minimum Gasteiger partial charge on any atom is -0.484 e. The first kappa shape index (κ1) is 14.8. The van der Waals surface area contributed by atoms with Crippen LogP contribution in [0.3, 0.4) is 0 Å². The number of nitrogens with one attached hydrogen (secondary N) is 1. The Morgan fingerprint density at radius 3 is 2.57 bits per heavy atom. The van der Waals surface area contributed by atoms with Crippen molar-refractivity contribution in [3.63, 3.8) is 0 Å². The van der Waals surface area contributed by atoms with E-state index in [0.29, 0.717) is 11.4 Å². The normalized spacial score (nSPS) is 10.2. The number of halogens is 1. The Kier molecular flexibility index (Phi) is 4.77. The van der Waals surface area contributed by atoms with Gasteiger partial charge in [0.2, 0.25) is 0 Å². The van der Waals surface area contributed by atoms with Crippen LogP contribution >= 0.6 is 0 Å². The molecule has 1 amide bonds. The van der Waals surface area contributed by atoms with E-state index in [-0.39, 0.29) is 18.2 Å². The molecule has 0 bridgehead atoms. The Balaban J connectivity index is 1.89. The number of anilines is 2. The van der Waals surface area contributed by atoms with Gasteiger partial charge in [0.1, 0.15) is 11.6 Å². The maximum atomic E-state index is 12.9. The predicted molar refractivity (Wildman–Crippen MR) is 80.8 cm³/mol. The standard InChI is InChI=1S/C16H17FN2O2/c1-2-11-3-6-13(7-4-11)21-10-16(20)19-15-8-5-12(17)9-14(15)18/h3-9H,2,10,18H2,1H3,(H,19,20). The van der Waals surface area contributed by atoms with Crippen molar-refractivity contribution >= 4 is 17.3 Å². The van der Waals surface area contributed by atoms with Crippen molar-refractivity contribution in [3.05, 3.63) is 53.8 Å². The lowest BCUT2D eigenvalue weighted by atomic mass is 10.2. The molecule has 110 valence electrons. The van der Waals surface area contributed by atoms with Crippen LogP contribution in [-0.2, 0) is 11.2 Å². The van der Waals surface area contributed by atoms with Crippen molar-refractivity contribution in [1.29, 1.82) is 0 Å². The van der Waals surface area contributed by atoms with Crippen LogP contribution in [0.5, 0.6) is 5.75 Å². The molecule has 0 unspecified atom stereocenters. The average molecular weight is 288 g/mol. The zero-order chi connectivity index (χ0) is 15.2. The minimum absolute atomic E-state index is 0.137. The topological polar surface area (TPSA) is 64.3 Å². The van der Waals surface area contributed by atoms with Gasteiger partial charge in [-0.1, -0.05) is 19.1 Å². The quantitative estimate of drug-likeness (QED) is 0.831. The Morgan fingerprint density at radius 2 is 1.95 bits per heavy atom. The van der Waals surface area contributed by atoms with Gasteiger partial charge in [0.15, 0.2) is 6.61 Å². The smallest absolute Gasteiger partial charge is 0.262 e. The van der Waals surface area contributed by atoms with Gasteiger partial charge < -0.3 is 15.8 Å². The number of benzene rings is 2. The largest absolute Gasteiger partial charge is 0.484 e. The molecule has 2 rings (SSSR count). The monoisotopic (exact) mass is 288 g/mol. The fourth-order valence-corrected chi connectivity index (χ4v) is 1.80. The van der Waals surface area contributed by atoms with Crippen LogP contribution in [0.1, 0.15) is 12.5 Å². The van der Waals surface area contributed by atoms with E-state index >= 15 is 0 Å². The van der Waals surface area contributed by atoms with Crippen LogP contribution in [-0.4, -0.2) is 12.5 Å². The number of nitrogen functional groups attached to an aromatic ring is 1. The molecule has 21 heavy (non-hydrogen) atoms. The molecule has 0 aliphatic rings. The number of aryl methyl sites for hydroxylation is 1. The van der Waals surface area contributed by atoms with Gasteiger partial charge in [0, 0.05) is 0 Å². The number of ether oxygens (including phenoxy) is 1. The molecule has 0 atom stereocenters. The molecular formula is C16H17FN2O2. The van der Waals surface area contributed by atoms with E-state index < -0.39 is 5.82 Å². The highest BCUT2D eigenvalue weighted by Crippen LogP contribution is 2.19. The first-order valence-electron chi connectivity index (χ1n) is 6.65. The molecule has 0 saturated heterocycles. The molecule has 0 fully saturated rings. The summed E-state index contributed by atoms with van der Waals surface area (Å²) in [5, 5.41) is 2.57. The number of hydrogen-bond acceptors (Lipinski definition) is 3. The molecule has 0 aliphatic heterocycles. The second-order valence-electron chi connectivity index (χ2n) is 4.57. The molecule has 5 heteroatoms. The first-order chi connectivity index (χ1) is 10.1. The number of carbonyl (C=O) groups is 1. The van der Waals surface area contributed by atoms with Gasteiger partial charge in [-0.3, -0.25) is 4.79 Å². The van der Waals surface area contributed by atoms with E-state index in [1.807, 2.05) is 24.3 Å². The molecule has 4 nitrogen and oxygen atoms in total. The van der Waals surface area contributed by atoms with Gasteiger partial charge in [0.05, 0.1) is 11.4 Å². The summed E-state index contributed by atoms with van der Waals surface area (Å²) in [4.78, 5) is 11.8. The van der Waals surface area contributed by atoms with Gasteiger partial charge in [-0.25, -0.2) is 4.39 Å². The van der Waals surface area contributed by atoms with Gasteiger partial charge >= 0.3 is 0 Å². The summed E-state index contributed by atoms with van der Waals surface area (Å²) in [7, 11) is 0. The van der Waals surface area contributed by atoms with Crippen molar-refractivity contribution in [2.75, 3.05) is 17.7 Å². The third-order valence-corrected chi connectivity index (χ3v) is 2.99. The number of amides is 1. The third kappa shape index (κ3) is 4.21. The van der Waals surface area contributed by atoms with Crippen LogP contribution in [0.25, 0.3) is 0 Å². The van der Waals surface area contributed by atoms with Gasteiger partial charge in [-0.2, -0.15) is 0 Å². The Hall–Kier alpha value is -2.56. The fraction of sp³-hybridized carbons (Fsp3) is 0.188. The van der Waals surface area contributed by atoms with E-state index in [1.54, 1.807) is 0 Å².